The molecule has 2 rings (SSSR count). The van der Waals surface area contributed by atoms with Crippen molar-refractivity contribution in [3.05, 3.63) is 65.7 Å². The zero-order valence-corrected chi connectivity index (χ0v) is 19.0. The third kappa shape index (κ3) is 8.20. The molecule has 0 saturated carbocycles. The Morgan fingerprint density at radius 1 is 1.03 bits per heavy atom. The smallest absolute Gasteiger partial charge is 0.407 e. The first-order chi connectivity index (χ1) is 15.1. The van der Waals surface area contributed by atoms with Gasteiger partial charge in [-0.15, -0.1) is 0 Å². The predicted molar refractivity (Wildman–Crippen MR) is 122 cm³/mol. The van der Waals surface area contributed by atoms with Gasteiger partial charge < -0.3 is 25.6 Å². The van der Waals surface area contributed by atoms with E-state index in [1.165, 1.54) is 0 Å². The number of nitrogens with two attached hydrogens (primary N) is 1. The Balaban J connectivity index is 2.16. The number of aliphatic hydroxyl groups is 1. The second kappa shape index (κ2) is 11.5. The van der Waals surface area contributed by atoms with E-state index < -0.39 is 35.8 Å². The van der Waals surface area contributed by atoms with Gasteiger partial charge in [-0.3, -0.25) is 10.1 Å². The average Bonchev–Trinajstić information content (AvgIpc) is 2.73. The zero-order valence-electron chi connectivity index (χ0n) is 19.0. The molecule has 3 unspecified atom stereocenters. The van der Waals surface area contributed by atoms with E-state index in [0.29, 0.717) is 12.3 Å². The van der Waals surface area contributed by atoms with Gasteiger partial charge in [0, 0.05) is 6.54 Å². The molecule has 5 N–H and O–H groups in total. The second-order valence-corrected chi connectivity index (χ2v) is 8.54. The van der Waals surface area contributed by atoms with E-state index in [9.17, 15) is 14.7 Å². The second-order valence-electron chi connectivity index (χ2n) is 8.54. The van der Waals surface area contributed by atoms with Crippen molar-refractivity contribution in [2.75, 3.05) is 7.11 Å². The molecule has 8 heteroatoms. The molecule has 2 aromatic carbocycles. The van der Waals surface area contributed by atoms with Crippen molar-refractivity contribution in [3.63, 3.8) is 0 Å². The lowest BCUT2D eigenvalue weighted by Crippen LogP contribution is -2.58. The summed E-state index contributed by atoms with van der Waals surface area (Å²) in [5.74, 6) is -0.0141. The minimum Gasteiger partial charge on any atom is -0.497 e. The highest BCUT2D eigenvalue weighted by molar-refractivity contribution is 5.81. The third-order valence-corrected chi connectivity index (χ3v) is 4.75. The minimum atomic E-state index is -1.29. The van der Waals surface area contributed by atoms with E-state index >= 15 is 0 Å². The van der Waals surface area contributed by atoms with Crippen LogP contribution in [0.3, 0.4) is 0 Å². The summed E-state index contributed by atoms with van der Waals surface area (Å²) in [6, 6.07) is 14.7. The van der Waals surface area contributed by atoms with Gasteiger partial charge in [0.05, 0.1) is 19.3 Å². The minimum absolute atomic E-state index is 0.287. The molecule has 0 aliphatic rings. The fourth-order valence-corrected chi connectivity index (χ4v) is 3.18. The molecule has 0 heterocycles. The highest BCUT2D eigenvalue weighted by Gasteiger charge is 2.33. The number of hydrogen-bond acceptors (Lipinski definition) is 6. The number of ether oxygens (including phenoxy) is 2. The highest BCUT2D eigenvalue weighted by atomic mass is 16.6. The largest absolute Gasteiger partial charge is 0.497 e. The van der Waals surface area contributed by atoms with E-state index in [4.69, 9.17) is 15.2 Å². The molecule has 0 aliphatic heterocycles. The lowest BCUT2D eigenvalue weighted by molar-refractivity contribution is -0.123. The maximum absolute atomic E-state index is 12.4. The molecule has 0 fully saturated rings. The molecule has 8 nitrogen and oxygen atoms in total. The first kappa shape index (κ1) is 25.2. The standard InChI is InChI=1S/C24H33N3O5/c1-24(2,3)32-23(30)27-19(14-16-8-6-5-7-9-16)21(28)20(22(25)29)26-15-17-10-12-18(31-4)13-11-17/h5-13,19-21,26,28H,14-15H2,1-4H3,(H2,25,29)(H,27,30). The number of carbonyl (C=O) groups is 2. The van der Waals surface area contributed by atoms with Crippen LogP contribution >= 0.6 is 0 Å². The Morgan fingerprint density at radius 2 is 1.66 bits per heavy atom. The van der Waals surface area contributed by atoms with E-state index in [1.54, 1.807) is 40.0 Å². The molecule has 174 valence electrons. The quantitative estimate of drug-likeness (QED) is 0.446. The number of aliphatic hydroxyl groups excluding tert-OH is 1. The van der Waals surface area contributed by atoms with Crippen molar-refractivity contribution in [1.29, 1.82) is 0 Å². The number of alkyl carbamates (subject to hydrolysis) is 1. The van der Waals surface area contributed by atoms with Crippen molar-refractivity contribution in [3.8, 4) is 5.75 Å². The molecule has 0 spiro atoms. The van der Waals surface area contributed by atoms with Crippen LogP contribution < -0.4 is 21.1 Å². The van der Waals surface area contributed by atoms with Crippen LogP contribution in [0, 0.1) is 0 Å². The van der Waals surface area contributed by atoms with Gasteiger partial charge in [0.1, 0.15) is 17.4 Å². The maximum Gasteiger partial charge on any atom is 0.407 e. The summed E-state index contributed by atoms with van der Waals surface area (Å²) in [7, 11) is 1.58. The SMILES string of the molecule is COc1ccc(CNC(C(N)=O)C(O)C(Cc2ccccc2)NC(=O)OC(C)(C)C)cc1. The van der Waals surface area contributed by atoms with Crippen LogP contribution in [-0.2, 0) is 22.5 Å². The van der Waals surface area contributed by atoms with Gasteiger partial charge >= 0.3 is 6.09 Å². The van der Waals surface area contributed by atoms with Crippen LogP contribution in [0.2, 0.25) is 0 Å². The summed E-state index contributed by atoms with van der Waals surface area (Å²) in [6.07, 6.45) is -1.69. The zero-order chi connectivity index (χ0) is 23.7. The Morgan fingerprint density at radius 3 is 2.19 bits per heavy atom. The summed E-state index contributed by atoms with van der Waals surface area (Å²) >= 11 is 0. The number of carbonyl (C=O) groups excluding carboxylic acids is 2. The lowest BCUT2D eigenvalue weighted by Gasteiger charge is -2.30. The molecule has 0 bridgehead atoms. The fraction of sp³-hybridized carbons (Fsp3) is 0.417. The Kier molecular flexibility index (Phi) is 9.04. The number of hydrogen-bond donors (Lipinski definition) is 4. The Labute approximate surface area is 189 Å². The number of amides is 2. The molecule has 3 atom stereocenters. The van der Waals surface area contributed by atoms with Crippen LogP contribution in [0.5, 0.6) is 5.75 Å². The summed E-state index contributed by atoms with van der Waals surface area (Å²) < 4.78 is 10.5. The van der Waals surface area contributed by atoms with E-state index in [-0.39, 0.29) is 6.42 Å². The summed E-state index contributed by atoms with van der Waals surface area (Å²) in [4.78, 5) is 24.6. The number of primary amides is 1. The summed E-state index contributed by atoms with van der Waals surface area (Å²) in [6.45, 7) is 5.53. The van der Waals surface area contributed by atoms with Crippen molar-refractivity contribution in [2.24, 2.45) is 5.73 Å². The normalized spacial score (nSPS) is 14.2. The molecule has 0 aliphatic carbocycles. The third-order valence-electron chi connectivity index (χ3n) is 4.75. The molecular weight excluding hydrogens is 410 g/mol. The number of rotatable bonds is 10. The van der Waals surface area contributed by atoms with E-state index in [1.807, 2.05) is 42.5 Å². The summed E-state index contributed by atoms with van der Waals surface area (Å²) in [5, 5.41) is 16.8. The Bertz CT molecular complexity index is 865. The van der Waals surface area contributed by atoms with Crippen molar-refractivity contribution >= 4 is 12.0 Å². The van der Waals surface area contributed by atoms with Gasteiger partial charge in [0.25, 0.3) is 0 Å². The number of methoxy groups -OCH3 is 1. The average molecular weight is 444 g/mol. The van der Waals surface area contributed by atoms with Gasteiger partial charge in [-0.1, -0.05) is 42.5 Å². The van der Waals surface area contributed by atoms with E-state index in [0.717, 1.165) is 11.1 Å². The monoisotopic (exact) mass is 443 g/mol. The van der Waals surface area contributed by atoms with Crippen molar-refractivity contribution in [1.82, 2.24) is 10.6 Å². The first-order valence-corrected chi connectivity index (χ1v) is 10.5. The van der Waals surface area contributed by atoms with Crippen LogP contribution in [0.1, 0.15) is 31.9 Å². The van der Waals surface area contributed by atoms with Crippen molar-refractivity contribution < 1.29 is 24.2 Å². The number of nitrogens with one attached hydrogen (secondary N) is 2. The topological polar surface area (TPSA) is 123 Å². The number of benzene rings is 2. The van der Waals surface area contributed by atoms with Gasteiger partial charge in [-0.05, 0) is 50.5 Å². The molecule has 2 amide bonds. The van der Waals surface area contributed by atoms with Crippen LogP contribution in [0.25, 0.3) is 0 Å². The van der Waals surface area contributed by atoms with Gasteiger partial charge in [0.2, 0.25) is 5.91 Å². The molecule has 0 radical (unpaired) electrons. The highest BCUT2D eigenvalue weighted by Crippen LogP contribution is 2.14. The fourth-order valence-electron chi connectivity index (χ4n) is 3.18. The lowest BCUT2D eigenvalue weighted by atomic mass is 9.95. The Hall–Kier alpha value is -3.10. The van der Waals surface area contributed by atoms with Crippen molar-refractivity contribution in [2.45, 2.75) is 57.5 Å². The molecule has 0 saturated heterocycles. The van der Waals surface area contributed by atoms with Gasteiger partial charge in [-0.25, -0.2) is 4.79 Å². The molecule has 0 aromatic heterocycles. The van der Waals surface area contributed by atoms with Crippen LogP contribution in [-0.4, -0.2) is 48.0 Å². The summed E-state index contributed by atoms with van der Waals surface area (Å²) in [5.41, 5.74) is 6.64. The maximum atomic E-state index is 12.4. The van der Waals surface area contributed by atoms with Crippen LogP contribution in [0.15, 0.2) is 54.6 Å². The molecule has 2 aromatic rings. The predicted octanol–water partition coefficient (Wildman–Crippen LogP) is 2.14. The van der Waals surface area contributed by atoms with E-state index in [2.05, 4.69) is 10.6 Å². The first-order valence-electron chi connectivity index (χ1n) is 10.5. The van der Waals surface area contributed by atoms with Crippen LogP contribution in [0.4, 0.5) is 4.79 Å². The molecule has 32 heavy (non-hydrogen) atoms. The molecular formula is C24H33N3O5. The van der Waals surface area contributed by atoms with Gasteiger partial charge in [0.15, 0.2) is 0 Å². The van der Waals surface area contributed by atoms with Gasteiger partial charge in [-0.2, -0.15) is 0 Å².